The van der Waals surface area contributed by atoms with Crippen LogP contribution in [0.1, 0.15) is 49.3 Å². The van der Waals surface area contributed by atoms with E-state index in [4.69, 9.17) is 4.74 Å². The molecule has 0 aromatic heterocycles. The van der Waals surface area contributed by atoms with Crippen molar-refractivity contribution >= 4 is 27.7 Å². The molecule has 2 aromatic carbocycles. The number of allylic oxidation sites excluding steroid dienone is 1. The summed E-state index contributed by atoms with van der Waals surface area (Å²) >= 11 is 3.54. The van der Waals surface area contributed by atoms with Crippen molar-refractivity contribution in [2.24, 2.45) is 4.99 Å². The lowest BCUT2D eigenvalue weighted by Crippen LogP contribution is -2.09. The Hall–Kier alpha value is -2.27. The fourth-order valence-electron chi connectivity index (χ4n) is 3.17. The maximum atomic E-state index is 10.2. The molecule has 0 fully saturated rings. The summed E-state index contributed by atoms with van der Waals surface area (Å²) in [6.45, 7) is 4.17. The van der Waals surface area contributed by atoms with Crippen LogP contribution in [0.5, 0.6) is 11.5 Å². The van der Waals surface area contributed by atoms with Crippen LogP contribution in [0.25, 0.3) is 5.57 Å². The number of ether oxygens (including phenoxy) is 1. The molecule has 148 valence electrons. The topological polar surface area (TPSA) is 53.8 Å². The monoisotopic (exact) mass is 442 g/mol. The van der Waals surface area contributed by atoms with Crippen LogP contribution in [0, 0.1) is 0 Å². The summed E-state index contributed by atoms with van der Waals surface area (Å²) in [7, 11) is 0. The number of nitrogens with one attached hydrogen (secondary N) is 1. The third-order valence-electron chi connectivity index (χ3n) is 4.72. The second-order valence-electron chi connectivity index (χ2n) is 6.96. The molecule has 0 atom stereocenters. The van der Waals surface area contributed by atoms with E-state index < -0.39 is 0 Å². The van der Waals surface area contributed by atoms with Crippen LogP contribution in [-0.4, -0.2) is 17.9 Å². The Morgan fingerprint density at radius 1 is 1.18 bits per heavy atom. The van der Waals surface area contributed by atoms with Crippen molar-refractivity contribution in [2.75, 3.05) is 6.61 Å². The molecule has 2 N–H and O–H groups in total. The van der Waals surface area contributed by atoms with Crippen molar-refractivity contribution in [3.05, 3.63) is 63.8 Å². The van der Waals surface area contributed by atoms with Gasteiger partial charge in [0.25, 0.3) is 0 Å². The molecule has 1 aliphatic rings. The predicted molar refractivity (Wildman–Crippen MR) is 119 cm³/mol. The molecule has 5 heteroatoms. The first-order valence-electron chi connectivity index (χ1n) is 9.84. The lowest BCUT2D eigenvalue weighted by Gasteiger charge is -2.14. The Morgan fingerprint density at radius 3 is 2.89 bits per heavy atom. The number of unbranched alkanes of at least 4 members (excludes halogenated alkanes) is 3. The first-order chi connectivity index (χ1) is 13.7. The molecular formula is C23H27BrN2O2. The van der Waals surface area contributed by atoms with Crippen molar-refractivity contribution in [2.45, 2.75) is 45.7 Å². The minimum absolute atomic E-state index is 0.191. The number of rotatable bonds is 9. The molecule has 0 amide bonds. The quantitative estimate of drug-likeness (QED) is 0.480. The van der Waals surface area contributed by atoms with E-state index in [-0.39, 0.29) is 5.75 Å². The number of hydrogen-bond donors (Lipinski definition) is 2. The Morgan fingerprint density at radius 2 is 2.07 bits per heavy atom. The third kappa shape index (κ3) is 5.61. The highest BCUT2D eigenvalue weighted by atomic mass is 79.9. The molecule has 0 aliphatic carbocycles. The molecule has 4 nitrogen and oxygen atoms in total. The fourth-order valence-corrected chi connectivity index (χ4v) is 3.53. The van der Waals surface area contributed by atoms with Crippen LogP contribution >= 0.6 is 15.9 Å². The second kappa shape index (κ2) is 10.3. The van der Waals surface area contributed by atoms with Crippen LogP contribution in [-0.2, 0) is 13.1 Å². The van der Waals surface area contributed by atoms with Gasteiger partial charge < -0.3 is 15.2 Å². The van der Waals surface area contributed by atoms with E-state index in [0.717, 1.165) is 28.5 Å². The van der Waals surface area contributed by atoms with Crippen molar-refractivity contribution in [1.29, 1.82) is 0 Å². The van der Waals surface area contributed by atoms with E-state index in [1.165, 1.54) is 24.0 Å². The van der Waals surface area contributed by atoms with Crippen LogP contribution < -0.4 is 10.1 Å². The lowest BCUT2D eigenvalue weighted by molar-refractivity contribution is 0.289. The SMILES string of the molecule is CCCCCCOc1ccc(CNC=C2C=NCc3ccc(Br)cc32)cc1O. The number of fused-ring (bicyclic) bond motifs is 1. The van der Waals surface area contributed by atoms with Gasteiger partial charge in [-0.3, -0.25) is 4.99 Å². The van der Waals surface area contributed by atoms with E-state index >= 15 is 0 Å². The number of nitrogens with zero attached hydrogens (tertiary/aromatic N) is 1. The van der Waals surface area contributed by atoms with E-state index in [1.807, 2.05) is 30.6 Å². The van der Waals surface area contributed by atoms with Gasteiger partial charge in [-0.1, -0.05) is 54.2 Å². The van der Waals surface area contributed by atoms with E-state index in [1.54, 1.807) is 6.07 Å². The van der Waals surface area contributed by atoms with Crippen molar-refractivity contribution in [1.82, 2.24) is 5.32 Å². The van der Waals surface area contributed by atoms with E-state index in [2.05, 4.69) is 45.3 Å². The van der Waals surface area contributed by atoms with Gasteiger partial charge in [-0.05, 0) is 47.4 Å². The first-order valence-corrected chi connectivity index (χ1v) is 10.6. The zero-order valence-corrected chi connectivity index (χ0v) is 17.8. The number of halogens is 1. The highest BCUT2D eigenvalue weighted by molar-refractivity contribution is 9.10. The van der Waals surface area contributed by atoms with Gasteiger partial charge in [-0.2, -0.15) is 0 Å². The summed E-state index contributed by atoms with van der Waals surface area (Å²) in [6, 6.07) is 11.8. The molecule has 0 saturated carbocycles. The molecule has 0 radical (unpaired) electrons. The maximum Gasteiger partial charge on any atom is 0.160 e. The largest absolute Gasteiger partial charge is 0.504 e. The molecule has 3 rings (SSSR count). The van der Waals surface area contributed by atoms with Gasteiger partial charge in [0.15, 0.2) is 11.5 Å². The summed E-state index contributed by atoms with van der Waals surface area (Å²) in [4.78, 5) is 4.42. The van der Waals surface area contributed by atoms with Gasteiger partial charge in [0.2, 0.25) is 0 Å². The summed E-state index contributed by atoms with van der Waals surface area (Å²) in [5.41, 5.74) is 4.46. The molecule has 0 spiro atoms. The Labute approximate surface area is 175 Å². The first kappa shape index (κ1) is 20.5. The summed E-state index contributed by atoms with van der Waals surface area (Å²) in [6.07, 6.45) is 8.48. The zero-order valence-electron chi connectivity index (χ0n) is 16.2. The molecule has 0 saturated heterocycles. The standard InChI is InChI=1S/C23H27BrN2O2/c1-2-3-4-5-10-28-23-9-6-17(11-22(23)27)13-25-15-19-16-26-14-18-7-8-20(24)12-21(18)19/h6-9,11-12,15-16,25,27H,2-5,10,13-14H2,1H3. The number of aliphatic imine (C=N–C) groups is 1. The number of phenols is 1. The van der Waals surface area contributed by atoms with Gasteiger partial charge in [-0.15, -0.1) is 0 Å². The Balaban J connectivity index is 1.56. The normalized spacial score (nSPS) is 14.1. The number of benzene rings is 2. The van der Waals surface area contributed by atoms with Crippen molar-refractivity contribution in [3.63, 3.8) is 0 Å². The molecule has 0 unspecified atom stereocenters. The van der Waals surface area contributed by atoms with Crippen LogP contribution in [0.4, 0.5) is 0 Å². The average Bonchev–Trinajstić information content (AvgIpc) is 2.69. The minimum atomic E-state index is 0.191. The molecule has 2 aromatic rings. The molecule has 28 heavy (non-hydrogen) atoms. The molecule has 0 bridgehead atoms. The van der Waals surface area contributed by atoms with E-state index in [9.17, 15) is 5.11 Å². The molecular weight excluding hydrogens is 416 g/mol. The van der Waals surface area contributed by atoms with Gasteiger partial charge in [0.05, 0.1) is 13.2 Å². The van der Waals surface area contributed by atoms with Crippen LogP contribution in [0.3, 0.4) is 0 Å². The number of phenolic OH excluding ortho intramolecular Hbond substituents is 1. The van der Waals surface area contributed by atoms with Crippen LogP contribution in [0.2, 0.25) is 0 Å². The Bertz CT molecular complexity index is 862. The number of aromatic hydroxyl groups is 1. The van der Waals surface area contributed by atoms with Crippen LogP contribution in [0.15, 0.2) is 52.1 Å². The summed E-state index contributed by atoms with van der Waals surface area (Å²) in [5.74, 6) is 0.743. The van der Waals surface area contributed by atoms with E-state index in [0.29, 0.717) is 25.4 Å². The molecule has 1 heterocycles. The highest BCUT2D eigenvalue weighted by Gasteiger charge is 2.11. The van der Waals surface area contributed by atoms with Gasteiger partial charge in [-0.25, -0.2) is 0 Å². The zero-order chi connectivity index (χ0) is 19.8. The summed E-state index contributed by atoms with van der Waals surface area (Å²) in [5, 5.41) is 13.5. The predicted octanol–water partition coefficient (Wildman–Crippen LogP) is 5.83. The average molecular weight is 443 g/mol. The Kier molecular flexibility index (Phi) is 7.54. The fraction of sp³-hybridized carbons (Fsp3) is 0.348. The third-order valence-corrected chi connectivity index (χ3v) is 5.21. The summed E-state index contributed by atoms with van der Waals surface area (Å²) < 4.78 is 6.74. The second-order valence-corrected chi connectivity index (χ2v) is 7.88. The van der Waals surface area contributed by atoms with Gasteiger partial charge in [0.1, 0.15) is 0 Å². The van der Waals surface area contributed by atoms with Gasteiger partial charge in [0, 0.05) is 29.0 Å². The van der Waals surface area contributed by atoms with Crippen molar-refractivity contribution < 1.29 is 9.84 Å². The minimum Gasteiger partial charge on any atom is -0.504 e. The molecule has 1 aliphatic heterocycles. The maximum absolute atomic E-state index is 10.2. The van der Waals surface area contributed by atoms with Gasteiger partial charge >= 0.3 is 0 Å². The smallest absolute Gasteiger partial charge is 0.160 e. The highest BCUT2D eigenvalue weighted by Crippen LogP contribution is 2.28. The number of hydrogen-bond acceptors (Lipinski definition) is 4. The van der Waals surface area contributed by atoms with Crippen molar-refractivity contribution in [3.8, 4) is 11.5 Å². The lowest BCUT2D eigenvalue weighted by atomic mass is 9.99.